The first-order valence-electron chi connectivity index (χ1n) is 3.84. The van der Waals surface area contributed by atoms with Crippen LogP contribution in [-0.4, -0.2) is 5.78 Å². The summed E-state index contributed by atoms with van der Waals surface area (Å²) in [5, 5.41) is 0. The van der Waals surface area contributed by atoms with Crippen molar-refractivity contribution in [2.75, 3.05) is 0 Å². The summed E-state index contributed by atoms with van der Waals surface area (Å²) in [5.74, 6) is 0.0376. The van der Waals surface area contributed by atoms with Crippen molar-refractivity contribution in [2.24, 2.45) is 0 Å². The van der Waals surface area contributed by atoms with E-state index in [0.717, 1.165) is 0 Å². The summed E-state index contributed by atoms with van der Waals surface area (Å²) in [7, 11) is 0. The summed E-state index contributed by atoms with van der Waals surface area (Å²) in [6.07, 6.45) is 0.468. The van der Waals surface area contributed by atoms with Gasteiger partial charge in [-0.15, -0.1) is 0 Å². The fraction of sp³-hybridized carbons (Fsp3) is 0.222. The third kappa shape index (κ3) is 1.44. The summed E-state index contributed by atoms with van der Waals surface area (Å²) in [6.45, 7) is 1.80. The molecule has 0 unspecified atom stereocenters. The molecule has 0 bridgehead atoms. The maximum Gasteiger partial charge on any atom is 0.162 e. The molecule has 0 amide bonds. The molecule has 0 aliphatic rings. The van der Waals surface area contributed by atoms with E-state index in [9.17, 15) is 4.79 Å². The van der Waals surface area contributed by atoms with Crippen LogP contribution >= 0.6 is 0 Å². The van der Waals surface area contributed by atoms with Crippen molar-refractivity contribution in [1.82, 2.24) is 0 Å². The molecule has 0 saturated heterocycles. The Labute approximate surface area is 62.1 Å². The second-order valence-electron chi connectivity index (χ2n) is 2.05. The van der Waals surface area contributed by atoms with Gasteiger partial charge in [-0.25, -0.2) is 0 Å². The first kappa shape index (κ1) is 5.66. The standard InChI is InChI=1S/C9H10O/c1-2-9(10)8-6-4-3-5-7-8/h3-7H,2H2,1H3/i6D. The number of Topliss-reactive ketones (excluding diaryl/α,β-unsaturated/α-hetero) is 1. The number of carbonyl (C=O) groups excluding carboxylic acids is 1. The summed E-state index contributed by atoms with van der Waals surface area (Å²) in [5.41, 5.74) is 0.523. The number of benzene rings is 1. The maximum absolute atomic E-state index is 11.1. The highest BCUT2D eigenvalue weighted by molar-refractivity contribution is 5.95. The van der Waals surface area contributed by atoms with Gasteiger partial charge in [-0.1, -0.05) is 37.2 Å². The summed E-state index contributed by atoms with van der Waals surface area (Å²) < 4.78 is 7.38. The van der Waals surface area contributed by atoms with E-state index in [1.54, 1.807) is 31.2 Å². The Morgan fingerprint density at radius 3 is 3.00 bits per heavy atom. The van der Waals surface area contributed by atoms with E-state index in [-0.39, 0.29) is 5.78 Å². The predicted molar refractivity (Wildman–Crippen MR) is 41.1 cm³/mol. The van der Waals surface area contributed by atoms with E-state index < -0.39 is 0 Å². The quantitative estimate of drug-likeness (QED) is 0.568. The number of hydrogen-bond acceptors (Lipinski definition) is 1. The molecule has 1 nitrogen and oxygen atoms in total. The molecule has 0 N–H and O–H groups in total. The van der Waals surface area contributed by atoms with Crippen molar-refractivity contribution in [3.05, 3.63) is 35.9 Å². The molecule has 1 aromatic rings. The average molecular weight is 135 g/mol. The lowest BCUT2D eigenvalue weighted by molar-refractivity contribution is 0.0988. The van der Waals surface area contributed by atoms with Gasteiger partial charge in [-0.2, -0.15) is 0 Å². The van der Waals surface area contributed by atoms with Gasteiger partial charge in [0, 0.05) is 12.0 Å². The van der Waals surface area contributed by atoms with E-state index in [4.69, 9.17) is 1.37 Å². The summed E-state index contributed by atoms with van der Waals surface area (Å²) >= 11 is 0. The molecule has 0 fully saturated rings. The van der Waals surface area contributed by atoms with Crippen LogP contribution in [0.5, 0.6) is 0 Å². The largest absolute Gasteiger partial charge is 0.294 e. The molecule has 10 heavy (non-hydrogen) atoms. The lowest BCUT2D eigenvalue weighted by atomic mass is 10.1. The van der Waals surface area contributed by atoms with Gasteiger partial charge in [0.05, 0.1) is 1.37 Å². The maximum atomic E-state index is 11.1. The van der Waals surface area contributed by atoms with Gasteiger partial charge >= 0.3 is 0 Å². The van der Waals surface area contributed by atoms with Crippen molar-refractivity contribution >= 4 is 5.78 Å². The smallest absolute Gasteiger partial charge is 0.162 e. The van der Waals surface area contributed by atoms with Gasteiger partial charge in [0.25, 0.3) is 0 Å². The number of carbonyl (C=O) groups is 1. The molecule has 0 aliphatic carbocycles. The van der Waals surface area contributed by atoms with Crippen LogP contribution in [0.1, 0.15) is 25.1 Å². The predicted octanol–water partition coefficient (Wildman–Crippen LogP) is 2.28. The molecule has 1 heteroatoms. The first-order valence-corrected chi connectivity index (χ1v) is 3.34. The van der Waals surface area contributed by atoms with Crippen LogP contribution < -0.4 is 0 Å². The fourth-order valence-electron chi connectivity index (χ4n) is 0.757. The third-order valence-corrected chi connectivity index (χ3v) is 1.33. The third-order valence-electron chi connectivity index (χ3n) is 1.33. The number of ketones is 1. The molecule has 1 aromatic carbocycles. The molecule has 52 valence electrons. The molecule has 0 aromatic heterocycles. The van der Waals surface area contributed by atoms with Crippen LogP contribution in [-0.2, 0) is 0 Å². The van der Waals surface area contributed by atoms with Crippen molar-refractivity contribution < 1.29 is 6.17 Å². The Hall–Kier alpha value is -1.11. The monoisotopic (exact) mass is 135 g/mol. The molecule has 0 heterocycles. The van der Waals surface area contributed by atoms with Crippen molar-refractivity contribution in [1.29, 1.82) is 0 Å². The fourth-order valence-corrected chi connectivity index (χ4v) is 0.757. The van der Waals surface area contributed by atoms with Crippen LogP contribution in [0.15, 0.2) is 30.3 Å². The lowest BCUT2D eigenvalue weighted by Crippen LogP contribution is -1.94. The van der Waals surface area contributed by atoms with Crippen molar-refractivity contribution in [3.63, 3.8) is 0 Å². The molecule has 0 spiro atoms. The van der Waals surface area contributed by atoms with Gasteiger partial charge in [0.15, 0.2) is 5.78 Å². The van der Waals surface area contributed by atoms with Crippen molar-refractivity contribution in [2.45, 2.75) is 13.3 Å². The minimum absolute atomic E-state index is 0.0376. The van der Waals surface area contributed by atoms with Crippen LogP contribution in [0.2, 0.25) is 0 Å². The summed E-state index contributed by atoms with van der Waals surface area (Å²) in [6, 6.07) is 7.17. The topological polar surface area (TPSA) is 17.1 Å². The van der Waals surface area contributed by atoms with Crippen LogP contribution in [0.3, 0.4) is 0 Å². The Bertz CT molecular complexity index is 268. The Morgan fingerprint density at radius 2 is 2.40 bits per heavy atom. The molecule has 1 rings (SSSR count). The van der Waals surface area contributed by atoms with E-state index in [0.29, 0.717) is 18.0 Å². The average Bonchev–Trinajstić information content (AvgIpc) is 2.04. The highest BCUT2D eigenvalue weighted by atomic mass is 16.1. The van der Waals surface area contributed by atoms with Crippen LogP contribution in [0.4, 0.5) is 0 Å². The van der Waals surface area contributed by atoms with E-state index >= 15 is 0 Å². The zero-order valence-electron chi connectivity index (χ0n) is 6.92. The second kappa shape index (κ2) is 3.16. The van der Waals surface area contributed by atoms with Crippen LogP contribution in [0.25, 0.3) is 0 Å². The van der Waals surface area contributed by atoms with Gasteiger partial charge < -0.3 is 0 Å². The lowest BCUT2D eigenvalue weighted by Gasteiger charge is -1.93. The SMILES string of the molecule is [2H]c1ccccc1C(=O)CC. The van der Waals surface area contributed by atoms with Gasteiger partial charge in [-0.3, -0.25) is 4.79 Å². The zero-order valence-corrected chi connectivity index (χ0v) is 5.92. The molecule has 0 atom stereocenters. The van der Waals surface area contributed by atoms with E-state index in [2.05, 4.69) is 0 Å². The van der Waals surface area contributed by atoms with Crippen molar-refractivity contribution in [3.8, 4) is 0 Å². The second-order valence-corrected chi connectivity index (χ2v) is 2.05. The normalized spacial score (nSPS) is 10.7. The minimum Gasteiger partial charge on any atom is -0.294 e. The number of hydrogen-bond donors (Lipinski definition) is 0. The van der Waals surface area contributed by atoms with E-state index in [1.807, 2.05) is 0 Å². The Morgan fingerprint density at radius 1 is 1.60 bits per heavy atom. The molecular weight excluding hydrogens is 124 g/mol. The van der Waals surface area contributed by atoms with Gasteiger partial charge in [-0.05, 0) is 0 Å². The van der Waals surface area contributed by atoms with Crippen LogP contribution in [0, 0.1) is 0 Å². The highest BCUT2D eigenvalue weighted by Gasteiger charge is 1.98. The van der Waals surface area contributed by atoms with Gasteiger partial charge in [0.2, 0.25) is 0 Å². The zero-order chi connectivity index (χ0) is 8.27. The van der Waals surface area contributed by atoms with Gasteiger partial charge in [0.1, 0.15) is 0 Å². The van der Waals surface area contributed by atoms with E-state index in [1.165, 1.54) is 0 Å². The minimum atomic E-state index is 0.0376. The molecule has 0 saturated carbocycles. The molecule has 0 radical (unpaired) electrons. The highest BCUT2D eigenvalue weighted by Crippen LogP contribution is 2.01. The summed E-state index contributed by atoms with van der Waals surface area (Å²) in [4.78, 5) is 11.1. The number of rotatable bonds is 2. The Balaban J connectivity index is 3.03. The molecular formula is C9H10O. The molecule has 0 aliphatic heterocycles. The Kier molecular flexibility index (Phi) is 1.79. The first-order chi connectivity index (χ1) is 5.25.